The first-order valence-corrected chi connectivity index (χ1v) is 11.0. The van der Waals surface area contributed by atoms with Gasteiger partial charge in [0.25, 0.3) is 5.91 Å². The number of para-hydroxylation sites is 1. The fourth-order valence-corrected chi connectivity index (χ4v) is 4.45. The molecule has 0 radical (unpaired) electrons. The molecule has 0 unspecified atom stereocenters. The Kier molecular flexibility index (Phi) is 5.53. The van der Waals surface area contributed by atoms with Gasteiger partial charge in [-0.25, -0.2) is 9.37 Å². The number of carbonyl (C=O) groups is 1. The summed E-state index contributed by atoms with van der Waals surface area (Å²) in [5.41, 5.74) is 1.07. The maximum absolute atomic E-state index is 13.4. The molecule has 0 spiro atoms. The Bertz CT molecular complexity index is 1560. The fourth-order valence-electron chi connectivity index (χ4n) is 3.29. The third-order valence-electron chi connectivity index (χ3n) is 4.81. The second kappa shape index (κ2) is 8.65. The molecule has 33 heavy (non-hydrogen) atoms. The third kappa shape index (κ3) is 4.30. The molecule has 6 nitrogen and oxygen atoms in total. The summed E-state index contributed by atoms with van der Waals surface area (Å²) in [6, 6.07) is 17.4. The number of thiazole rings is 1. The summed E-state index contributed by atoms with van der Waals surface area (Å²) in [5, 5.41) is 3.92. The molecule has 0 atom stereocenters. The number of hydrogen-bond acceptors (Lipinski definition) is 6. The lowest BCUT2D eigenvalue weighted by atomic mass is 10.1. The number of anilines is 1. The molecule has 0 saturated carbocycles. The van der Waals surface area contributed by atoms with E-state index in [2.05, 4.69) is 10.3 Å². The average molecular weight is 481 g/mol. The molecular formula is C24H14ClFN2O4S. The smallest absolute Gasteiger partial charge is 0.264 e. The number of aromatic nitrogens is 1. The van der Waals surface area contributed by atoms with E-state index in [-0.39, 0.29) is 11.5 Å². The van der Waals surface area contributed by atoms with E-state index in [1.165, 1.54) is 35.6 Å². The second-order valence-corrected chi connectivity index (χ2v) is 8.53. The number of nitrogens with one attached hydrogen (secondary N) is 1. The standard InChI is InChI=1S/C24H14ClFN2O4S/c25-14-7-10-17-19(11-14)33-24(27-17)28-20(29)12-31-23-21(30)16-3-1-2-4-18(16)32-22(23)13-5-8-15(26)9-6-13/h1-11H,12H2,(H,27,28,29). The predicted molar refractivity (Wildman–Crippen MR) is 127 cm³/mol. The minimum Gasteiger partial charge on any atom is -0.476 e. The van der Waals surface area contributed by atoms with Gasteiger partial charge < -0.3 is 9.15 Å². The van der Waals surface area contributed by atoms with Crippen LogP contribution < -0.4 is 15.5 Å². The summed E-state index contributed by atoms with van der Waals surface area (Å²) in [4.78, 5) is 30.0. The van der Waals surface area contributed by atoms with Gasteiger partial charge in [0.05, 0.1) is 15.6 Å². The molecule has 0 aliphatic heterocycles. The highest BCUT2D eigenvalue weighted by Crippen LogP contribution is 2.31. The van der Waals surface area contributed by atoms with Gasteiger partial charge in [0.2, 0.25) is 11.2 Å². The molecule has 3 aromatic carbocycles. The number of carbonyl (C=O) groups excluding carboxylic acids is 1. The number of amides is 1. The van der Waals surface area contributed by atoms with Gasteiger partial charge >= 0.3 is 0 Å². The highest BCUT2D eigenvalue weighted by molar-refractivity contribution is 7.22. The van der Waals surface area contributed by atoms with E-state index >= 15 is 0 Å². The van der Waals surface area contributed by atoms with Crippen LogP contribution in [0.4, 0.5) is 9.52 Å². The SMILES string of the molecule is O=C(COc1c(-c2ccc(F)cc2)oc2ccccc2c1=O)Nc1nc2ccc(Cl)cc2s1. The molecule has 0 aliphatic carbocycles. The van der Waals surface area contributed by atoms with Gasteiger partial charge in [0.1, 0.15) is 11.4 Å². The van der Waals surface area contributed by atoms with Crippen LogP contribution in [0.2, 0.25) is 5.02 Å². The van der Waals surface area contributed by atoms with Crippen LogP contribution in [0.25, 0.3) is 32.5 Å². The van der Waals surface area contributed by atoms with E-state index in [4.69, 9.17) is 20.8 Å². The van der Waals surface area contributed by atoms with Crippen molar-refractivity contribution in [2.24, 2.45) is 0 Å². The zero-order valence-electron chi connectivity index (χ0n) is 16.8. The van der Waals surface area contributed by atoms with Crippen molar-refractivity contribution in [3.05, 3.63) is 87.8 Å². The summed E-state index contributed by atoms with van der Waals surface area (Å²) < 4.78 is 25.8. The molecule has 2 aromatic heterocycles. The van der Waals surface area contributed by atoms with Crippen LogP contribution in [0.5, 0.6) is 5.75 Å². The van der Waals surface area contributed by atoms with E-state index in [1.54, 1.807) is 42.5 Å². The summed E-state index contributed by atoms with van der Waals surface area (Å²) >= 11 is 7.26. The van der Waals surface area contributed by atoms with Gasteiger partial charge in [0.15, 0.2) is 17.5 Å². The predicted octanol–water partition coefficient (Wildman–Crippen LogP) is 5.88. The number of ether oxygens (including phenoxy) is 1. The number of hydrogen-bond donors (Lipinski definition) is 1. The number of fused-ring (bicyclic) bond motifs is 2. The maximum atomic E-state index is 13.4. The lowest BCUT2D eigenvalue weighted by Gasteiger charge is -2.11. The summed E-state index contributed by atoms with van der Waals surface area (Å²) in [7, 11) is 0. The second-order valence-electron chi connectivity index (χ2n) is 7.06. The normalized spacial score (nSPS) is 11.1. The Morgan fingerprint density at radius 1 is 1.12 bits per heavy atom. The van der Waals surface area contributed by atoms with Crippen molar-refractivity contribution in [1.29, 1.82) is 0 Å². The highest BCUT2D eigenvalue weighted by Gasteiger charge is 2.19. The minimum atomic E-state index is -0.502. The molecule has 5 rings (SSSR count). The molecule has 0 fully saturated rings. The van der Waals surface area contributed by atoms with E-state index in [1.807, 2.05) is 0 Å². The molecule has 5 aromatic rings. The first-order valence-electron chi connectivity index (χ1n) is 9.78. The molecular weight excluding hydrogens is 467 g/mol. The Hall–Kier alpha value is -3.75. The Morgan fingerprint density at radius 3 is 2.73 bits per heavy atom. The summed E-state index contributed by atoms with van der Waals surface area (Å²) in [5.74, 6) is -0.953. The van der Waals surface area contributed by atoms with Crippen molar-refractivity contribution >= 4 is 55.2 Å². The number of rotatable bonds is 5. The van der Waals surface area contributed by atoms with E-state index in [9.17, 15) is 14.0 Å². The van der Waals surface area contributed by atoms with Crippen molar-refractivity contribution < 1.29 is 18.3 Å². The zero-order valence-corrected chi connectivity index (χ0v) is 18.4. The zero-order chi connectivity index (χ0) is 22.9. The van der Waals surface area contributed by atoms with Gasteiger partial charge in [-0.1, -0.05) is 35.1 Å². The van der Waals surface area contributed by atoms with Crippen LogP contribution in [-0.2, 0) is 4.79 Å². The number of nitrogens with zero attached hydrogens (tertiary/aromatic N) is 1. The third-order valence-corrected chi connectivity index (χ3v) is 5.98. The lowest BCUT2D eigenvalue weighted by molar-refractivity contribution is -0.118. The van der Waals surface area contributed by atoms with Gasteiger partial charge in [0, 0.05) is 10.6 Å². The molecule has 0 bridgehead atoms. The van der Waals surface area contributed by atoms with Crippen LogP contribution in [0.1, 0.15) is 0 Å². The van der Waals surface area contributed by atoms with Gasteiger partial charge in [-0.3, -0.25) is 14.9 Å². The fraction of sp³-hybridized carbons (Fsp3) is 0.0417. The van der Waals surface area contributed by atoms with Crippen LogP contribution in [0.15, 0.2) is 75.9 Å². The largest absolute Gasteiger partial charge is 0.476 e. The molecule has 164 valence electrons. The first-order chi connectivity index (χ1) is 16.0. The van der Waals surface area contributed by atoms with Crippen LogP contribution in [0, 0.1) is 5.82 Å². The highest BCUT2D eigenvalue weighted by atomic mass is 35.5. The minimum absolute atomic E-state index is 0.112. The molecule has 2 heterocycles. The molecule has 9 heteroatoms. The van der Waals surface area contributed by atoms with Gasteiger partial charge in [-0.2, -0.15) is 0 Å². The van der Waals surface area contributed by atoms with Crippen molar-refractivity contribution in [3.63, 3.8) is 0 Å². The van der Waals surface area contributed by atoms with Crippen molar-refractivity contribution in [2.45, 2.75) is 0 Å². The maximum Gasteiger partial charge on any atom is 0.264 e. The molecule has 0 saturated heterocycles. The average Bonchev–Trinajstić information content (AvgIpc) is 3.20. The van der Waals surface area contributed by atoms with E-state index in [0.29, 0.717) is 32.2 Å². The topological polar surface area (TPSA) is 81.4 Å². The Labute approximate surface area is 195 Å². The van der Waals surface area contributed by atoms with Crippen molar-refractivity contribution in [2.75, 3.05) is 11.9 Å². The van der Waals surface area contributed by atoms with Crippen LogP contribution in [-0.4, -0.2) is 17.5 Å². The van der Waals surface area contributed by atoms with Crippen molar-refractivity contribution in [3.8, 4) is 17.1 Å². The van der Waals surface area contributed by atoms with Crippen LogP contribution in [0.3, 0.4) is 0 Å². The van der Waals surface area contributed by atoms with Crippen molar-refractivity contribution in [1.82, 2.24) is 4.98 Å². The number of benzene rings is 3. The molecule has 1 N–H and O–H groups in total. The Morgan fingerprint density at radius 2 is 1.91 bits per heavy atom. The number of halogens is 2. The Balaban J connectivity index is 1.44. The lowest BCUT2D eigenvalue weighted by Crippen LogP contribution is -2.22. The first kappa shape index (κ1) is 21.1. The monoisotopic (exact) mass is 480 g/mol. The molecule has 1 amide bonds. The summed E-state index contributed by atoms with van der Waals surface area (Å²) in [6.45, 7) is -0.450. The van der Waals surface area contributed by atoms with E-state index < -0.39 is 23.8 Å². The summed E-state index contributed by atoms with van der Waals surface area (Å²) in [6.07, 6.45) is 0. The van der Waals surface area contributed by atoms with Gasteiger partial charge in [-0.15, -0.1) is 0 Å². The van der Waals surface area contributed by atoms with E-state index in [0.717, 1.165) is 4.70 Å². The van der Waals surface area contributed by atoms with Crippen LogP contribution >= 0.6 is 22.9 Å². The molecule has 0 aliphatic rings. The quantitative estimate of drug-likeness (QED) is 0.340. The van der Waals surface area contributed by atoms with Gasteiger partial charge in [-0.05, 0) is 54.6 Å².